The van der Waals surface area contributed by atoms with Crippen LogP contribution in [0.3, 0.4) is 0 Å². The Morgan fingerprint density at radius 2 is 1.94 bits per heavy atom. The molecule has 4 heteroatoms. The molecule has 0 saturated carbocycles. The van der Waals surface area contributed by atoms with Crippen LogP contribution in [0.25, 0.3) is 0 Å². The Hall–Kier alpha value is -0.740. The number of carbonyl (C=O) groups is 2. The van der Waals surface area contributed by atoms with Crippen molar-refractivity contribution in [2.45, 2.75) is 39.2 Å². The molecule has 0 amide bonds. The van der Waals surface area contributed by atoms with E-state index in [0.29, 0.717) is 28.5 Å². The van der Waals surface area contributed by atoms with Gasteiger partial charge in [-0.05, 0) is 55.6 Å². The zero-order valence-corrected chi connectivity index (χ0v) is 11.2. The minimum absolute atomic E-state index is 0.115. The second-order valence-electron chi connectivity index (χ2n) is 4.61. The molecule has 1 aliphatic carbocycles. The molecular formula is C12H15BrO3. The minimum Gasteiger partial charge on any atom is -0.390 e. The van der Waals surface area contributed by atoms with Gasteiger partial charge in [0.1, 0.15) is 0 Å². The van der Waals surface area contributed by atoms with Crippen LogP contribution in [0.4, 0.5) is 0 Å². The number of rotatable bonds is 3. The van der Waals surface area contributed by atoms with Crippen molar-refractivity contribution >= 4 is 27.5 Å². The molecule has 0 aromatic rings. The van der Waals surface area contributed by atoms with Gasteiger partial charge in [-0.25, -0.2) is 0 Å². The minimum atomic E-state index is -0.823. The van der Waals surface area contributed by atoms with Gasteiger partial charge in [-0.3, -0.25) is 9.59 Å². The lowest BCUT2D eigenvalue weighted by atomic mass is 9.90. The van der Waals surface area contributed by atoms with E-state index in [0.717, 1.165) is 0 Å². The van der Waals surface area contributed by atoms with Gasteiger partial charge in [0.05, 0.1) is 10.1 Å². The highest BCUT2D eigenvalue weighted by molar-refractivity contribution is 9.12. The molecule has 0 aromatic heterocycles. The van der Waals surface area contributed by atoms with Gasteiger partial charge >= 0.3 is 0 Å². The van der Waals surface area contributed by atoms with Crippen molar-refractivity contribution in [3.63, 3.8) is 0 Å². The molecule has 0 fully saturated rings. The maximum atomic E-state index is 11.8. The first-order valence-corrected chi connectivity index (χ1v) is 5.90. The van der Waals surface area contributed by atoms with Crippen LogP contribution in [0.15, 0.2) is 21.7 Å². The molecule has 1 rings (SSSR count). The van der Waals surface area contributed by atoms with E-state index >= 15 is 0 Å². The summed E-state index contributed by atoms with van der Waals surface area (Å²) in [5.41, 5.74) is 0.0993. The van der Waals surface area contributed by atoms with E-state index < -0.39 is 5.60 Å². The van der Waals surface area contributed by atoms with Crippen molar-refractivity contribution in [3.8, 4) is 0 Å². The second kappa shape index (κ2) is 4.63. The number of Topliss-reactive ketones (excluding diaryl/α,β-unsaturated/α-hetero) is 1. The average Bonchev–Trinajstić information content (AvgIpc) is 2.17. The molecule has 0 aliphatic heterocycles. The molecule has 0 aromatic carbocycles. The normalized spacial score (nSPS) is 17.9. The quantitative estimate of drug-likeness (QED) is 0.810. The van der Waals surface area contributed by atoms with Gasteiger partial charge in [0.15, 0.2) is 11.6 Å². The van der Waals surface area contributed by atoms with Crippen molar-refractivity contribution in [2.75, 3.05) is 0 Å². The highest BCUT2D eigenvalue weighted by Gasteiger charge is 2.25. The van der Waals surface area contributed by atoms with Crippen LogP contribution in [0.2, 0.25) is 0 Å². The molecule has 88 valence electrons. The molecule has 0 atom stereocenters. The maximum absolute atomic E-state index is 11.8. The van der Waals surface area contributed by atoms with E-state index in [1.807, 2.05) is 0 Å². The number of ketones is 2. The number of hydrogen-bond acceptors (Lipinski definition) is 3. The molecule has 0 bridgehead atoms. The van der Waals surface area contributed by atoms with Gasteiger partial charge in [-0.2, -0.15) is 0 Å². The van der Waals surface area contributed by atoms with E-state index in [1.54, 1.807) is 20.8 Å². The van der Waals surface area contributed by atoms with Crippen LogP contribution in [-0.2, 0) is 9.59 Å². The Morgan fingerprint density at radius 3 is 2.44 bits per heavy atom. The van der Waals surface area contributed by atoms with Gasteiger partial charge < -0.3 is 5.11 Å². The first-order valence-electron chi connectivity index (χ1n) is 5.11. The van der Waals surface area contributed by atoms with Crippen LogP contribution in [0, 0.1) is 0 Å². The molecule has 0 heterocycles. The summed E-state index contributed by atoms with van der Waals surface area (Å²) in [6, 6.07) is 0. The van der Waals surface area contributed by atoms with Gasteiger partial charge in [0.2, 0.25) is 0 Å². The molecule has 0 unspecified atom stereocenters. The zero-order chi connectivity index (χ0) is 12.5. The van der Waals surface area contributed by atoms with Crippen LogP contribution >= 0.6 is 15.9 Å². The number of carbonyl (C=O) groups excluding carboxylic acids is 2. The first kappa shape index (κ1) is 13.3. The standard InChI is InChI=1S/C12H15BrO3/c1-7-10(13)9(14)6-8(11(7)15)4-5-12(2,3)16/h6,16H,4-5H2,1-3H3. The van der Waals surface area contributed by atoms with E-state index in [4.69, 9.17) is 0 Å². The van der Waals surface area contributed by atoms with Crippen LogP contribution < -0.4 is 0 Å². The summed E-state index contributed by atoms with van der Waals surface area (Å²) >= 11 is 3.09. The van der Waals surface area contributed by atoms with Crippen LogP contribution in [0.1, 0.15) is 33.6 Å². The summed E-state index contributed by atoms with van der Waals surface area (Å²) in [6.45, 7) is 4.99. The van der Waals surface area contributed by atoms with Crippen LogP contribution in [0.5, 0.6) is 0 Å². The number of hydrogen-bond donors (Lipinski definition) is 1. The fourth-order valence-electron chi connectivity index (χ4n) is 1.44. The van der Waals surface area contributed by atoms with Crippen molar-refractivity contribution in [1.29, 1.82) is 0 Å². The summed E-state index contributed by atoms with van der Waals surface area (Å²) in [7, 11) is 0. The fourth-order valence-corrected chi connectivity index (χ4v) is 1.73. The molecular weight excluding hydrogens is 272 g/mol. The number of allylic oxidation sites excluding steroid dienone is 4. The monoisotopic (exact) mass is 286 g/mol. The summed E-state index contributed by atoms with van der Waals surface area (Å²) in [6.07, 6.45) is 2.24. The molecule has 0 spiro atoms. The SMILES string of the molecule is CC1=C(Br)C(=O)C=C(CCC(C)(C)O)C1=O. The number of aliphatic hydroxyl groups is 1. The molecule has 0 saturated heterocycles. The maximum Gasteiger partial charge on any atom is 0.193 e. The lowest BCUT2D eigenvalue weighted by Gasteiger charge is -2.19. The zero-order valence-electron chi connectivity index (χ0n) is 9.63. The number of halogens is 1. The molecule has 1 aliphatic rings. The average molecular weight is 287 g/mol. The van der Waals surface area contributed by atoms with Gasteiger partial charge in [0.25, 0.3) is 0 Å². The van der Waals surface area contributed by atoms with Crippen molar-refractivity contribution in [1.82, 2.24) is 0 Å². The Kier molecular flexibility index (Phi) is 3.86. The van der Waals surface area contributed by atoms with Gasteiger partial charge in [-0.15, -0.1) is 0 Å². The predicted octanol–water partition coefficient (Wildman–Crippen LogP) is 2.28. The van der Waals surface area contributed by atoms with E-state index in [-0.39, 0.29) is 11.6 Å². The van der Waals surface area contributed by atoms with Gasteiger partial charge in [-0.1, -0.05) is 0 Å². The van der Waals surface area contributed by atoms with Gasteiger partial charge in [0, 0.05) is 11.1 Å². The molecule has 16 heavy (non-hydrogen) atoms. The first-order chi connectivity index (χ1) is 7.22. The highest BCUT2D eigenvalue weighted by atomic mass is 79.9. The molecule has 0 radical (unpaired) electrons. The fraction of sp³-hybridized carbons (Fsp3) is 0.500. The molecule has 3 nitrogen and oxygen atoms in total. The van der Waals surface area contributed by atoms with Crippen LogP contribution in [-0.4, -0.2) is 22.3 Å². The van der Waals surface area contributed by atoms with E-state index in [1.165, 1.54) is 6.08 Å². The van der Waals surface area contributed by atoms with Crippen molar-refractivity contribution < 1.29 is 14.7 Å². The van der Waals surface area contributed by atoms with E-state index in [2.05, 4.69) is 15.9 Å². The summed E-state index contributed by atoms with van der Waals surface area (Å²) < 4.78 is 0.338. The Labute approximate surface area is 103 Å². The summed E-state index contributed by atoms with van der Waals surface area (Å²) in [5.74, 6) is -0.293. The third-order valence-corrected chi connectivity index (χ3v) is 3.47. The third-order valence-electron chi connectivity index (χ3n) is 2.49. The largest absolute Gasteiger partial charge is 0.390 e. The second-order valence-corrected chi connectivity index (χ2v) is 5.41. The third kappa shape index (κ3) is 3.12. The summed E-state index contributed by atoms with van der Waals surface area (Å²) in [5, 5.41) is 9.57. The Balaban J connectivity index is 2.81. The Bertz CT molecular complexity index is 397. The highest BCUT2D eigenvalue weighted by Crippen LogP contribution is 2.26. The Morgan fingerprint density at radius 1 is 1.38 bits per heavy atom. The van der Waals surface area contributed by atoms with E-state index in [9.17, 15) is 14.7 Å². The lowest BCUT2D eigenvalue weighted by molar-refractivity contribution is -0.115. The van der Waals surface area contributed by atoms with Crippen molar-refractivity contribution in [3.05, 3.63) is 21.7 Å². The van der Waals surface area contributed by atoms with Crippen molar-refractivity contribution in [2.24, 2.45) is 0 Å². The smallest absolute Gasteiger partial charge is 0.193 e. The predicted molar refractivity (Wildman–Crippen MR) is 65.3 cm³/mol. The summed E-state index contributed by atoms with van der Waals surface area (Å²) in [4.78, 5) is 23.3. The lowest BCUT2D eigenvalue weighted by Crippen LogP contribution is -2.21. The molecule has 1 N–H and O–H groups in total. The topological polar surface area (TPSA) is 54.4 Å².